The largest absolute Gasteiger partial charge is 0.288 e. The monoisotopic (exact) mass is 404 g/mol. The molecule has 6 aromatic rings. The van der Waals surface area contributed by atoms with Crippen LogP contribution in [-0.2, 0) is 0 Å². The van der Waals surface area contributed by atoms with Gasteiger partial charge in [0.2, 0.25) is 0 Å². The molecule has 0 aliphatic heterocycles. The van der Waals surface area contributed by atoms with Crippen LogP contribution in [0.5, 0.6) is 0 Å². The van der Waals surface area contributed by atoms with Crippen LogP contribution in [0.4, 0.5) is 5.69 Å². The van der Waals surface area contributed by atoms with Crippen molar-refractivity contribution < 1.29 is 4.92 Å². The van der Waals surface area contributed by atoms with Crippen molar-refractivity contribution in [3.8, 4) is 11.1 Å². The molecule has 6 rings (SSSR count). The zero-order chi connectivity index (χ0) is 21.3. The molecule has 0 aliphatic carbocycles. The first-order valence-corrected chi connectivity index (χ1v) is 9.67. The Balaban J connectivity index is 1.91. The van der Waals surface area contributed by atoms with Gasteiger partial charge in [-0.1, -0.05) is 48.5 Å². The van der Waals surface area contributed by atoms with Crippen molar-refractivity contribution in [1.29, 1.82) is 0 Å². The number of fused-ring (bicyclic) bond motifs is 6. The molecule has 5 aromatic carbocycles. The third-order valence-electron chi connectivity index (χ3n) is 5.87. The van der Waals surface area contributed by atoms with Gasteiger partial charge in [-0.25, -0.2) is 4.98 Å². The number of hydrogen-bond acceptors (Lipinski definition) is 5. The van der Waals surface area contributed by atoms with E-state index >= 15 is 0 Å². The second-order valence-electron chi connectivity index (χ2n) is 7.49. The summed E-state index contributed by atoms with van der Waals surface area (Å²) in [5.74, 6) is 0. The van der Waals surface area contributed by atoms with Crippen molar-refractivity contribution in [2.75, 3.05) is 0 Å². The van der Waals surface area contributed by atoms with Crippen molar-refractivity contribution in [2.45, 2.75) is 0 Å². The van der Waals surface area contributed by atoms with Crippen LogP contribution in [-0.4, -0.2) is 9.91 Å². The number of aromatic nitrogens is 1. The third-order valence-corrected chi connectivity index (χ3v) is 5.87. The number of non-ortho nitro benzene ring substituents is 1. The SMILES string of the molecule is O=c1c2ccccc2c2nc3c(c(-c4ccc([N+](=O)[O-])cc4)c12)c(=O)c1ccccc13. The molecule has 0 N–H and O–H groups in total. The van der Waals surface area contributed by atoms with Crippen molar-refractivity contribution in [1.82, 2.24) is 4.98 Å². The molecule has 6 nitrogen and oxygen atoms in total. The van der Waals surface area contributed by atoms with Gasteiger partial charge in [0.25, 0.3) is 5.69 Å². The van der Waals surface area contributed by atoms with Crippen LogP contribution in [0.2, 0.25) is 0 Å². The Bertz CT molecular complexity index is 1690. The lowest BCUT2D eigenvalue weighted by Crippen LogP contribution is -2.02. The van der Waals surface area contributed by atoms with E-state index in [0.29, 0.717) is 43.7 Å². The van der Waals surface area contributed by atoms with E-state index in [9.17, 15) is 19.7 Å². The number of hydrogen-bond donors (Lipinski definition) is 0. The highest BCUT2D eigenvalue weighted by Gasteiger charge is 2.24. The number of nitro benzene ring substituents is 1. The maximum Gasteiger partial charge on any atom is 0.269 e. The summed E-state index contributed by atoms with van der Waals surface area (Å²) in [5, 5.41) is 14.4. The molecule has 0 aliphatic rings. The van der Waals surface area contributed by atoms with Gasteiger partial charge in [-0.2, -0.15) is 0 Å². The molecule has 0 spiro atoms. The van der Waals surface area contributed by atoms with Crippen LogP contribution in [0, 0.1) is 10.1 Å². The summed E-state index contributed by atoms with van der Waals surface area (Å²) >= 11 is 0. The van der Waals surface area contributed by atoms with Gasteiger partial charge < -0.3 is 0 Å². The quantitative estimate of drug-likeness (QED) is 0.303. The lowest BCUT2D eigenvalue weighted by molar-refractivity contribution is -0.384. The summed E-state index contributed by atoms with van der Waals surface area (Å²) in [5.41, 5.74) is 1.68. The minimum absolute atomic E-state index is 0.0599. The molecule has 0 amide bonds. The standard InChI is InChI=1S/C25H12N2O4/c28-24-17-7-3-1-5-15(17)22-20(24)19(13-9-11-14(12-10-13)27(30)31)21-23(26-22)16-6-2-4-8-18(16)25(21)29/h1-12H. The van der Waals surface area contributed by atoms with E-state index in [2.05, 4.69) is 0 Å². The zero-order valence-corrected chi connectivity index (χ0v) is 16.0. The molecular weight excluding hydrogens is 392 g/mol. The first-order chi connectivity index (χ1) is 15.1. The molecule has 0 saturated heterocycles. The summed E-state index contributed by atoms with van der Waals surface area (Å²) in [6.07, 6.45) is 0. The fourth-order valence-electron chi connectivity index (χ4n) is 4.50. The summed E-state index contributed by atoms with van der Waals surface area (Å²) in [6.45, 7) is 0. The van der Waals surface area contributed by atoms with Crippen molar-refractivity contribution in [3.05, 3.63) is 103 Å². The Morgan fingerprint density at radius 2 is 1.10 bits per heavy atom. The van der Waals surface area contributed by atoms with Crippen LogP contribution in [0.3, 0.4) is 0 Å². The van der Waals surface area contributed by atoms with E-state index in [-0.39, 0.29) is 16.5 Å². The normalized spacial score (nSPS) is 11.7. The molecular formula is C25H12N2O4. The maximum absolute atomic E-state index is 13.4. The lowest BCUT2D eigenvalue weighted by Gasteiger charge is -2.06. The van der Waals surface area contributed by atoms with Crippen molar-refractivity contribution in [2.24, 2.45) is 0 Å². The predicted molar refractivity (Wildman–Crippen MR) is 121 cm³/mol. The van der Waals surface area contributed by atoms with E-state index < -0.39 is 4.92 Å². The van der Waals surface area contributed by atoms with E-state index in [4.69, 9.17) is 4.98 Å². The third kappa shape index (κ3) is 2.24. The molecule has 0 fully saturated rings. The van der Waals surface area contributed by atoms with E-state index in [1.54, 1.807) is 36.4 Å². The summed E-state index contributed by atoms with van der Waals surface area (Å²) in [7, 11) is 0. The summed E-state index contributed by atoms with van der Waals surface area (Å²) in [4.78, 5) is 42.2. The number of nitro groups is 1. The molecule has 0 bridgehead atoms. The van der Waals surface area contributed by atoms with E-state index in [1.807, 2.05) is 24.3 Å². The second kappa shape index (κ2) is 6.03. The van der Waals surface area contributed by atoms with Crippen LogP contribution >= 0.6 is 0 Å². The van der Waals surface area contributed by atoms with Gasteiger partial charge in [-0.3, -0.25) is 19.7 Å². The highest BCUT2D eigenvalue weighted by atomic mass is 16.6. The van der Waals surface area contributed by atoms with E-state index in [1.165, 1.54) is 12.1 Å². The summed E-state index contributed by atoms with van der Waals surface area (Å²) in [6, 6.07) is 20.4. The zero-order valence-electron chi connectivity index (χ0n) is 16.0. The fourth-order valence-corrected chi connectivity index (χ4v) is 4.50. The molecule has 146 valence electrons. The molecule has 1 heterocycles. The smallest absolute Gasteiger partial charge is 0.269 e. The Kier molecular flexibility index (Phi) is 3.38. The van der Waals surface area contributed by atoms with Gasteiger partial charge in [-0.15, -0.1) is 0 Å². The van der Waals surface area contributed by atoms with Crippen molar-refractivity contribution >= 4 is 49.0 Å². The van der Waals surface area contributed by atoms with Gasteiger partial charge in [-0.05, 0) is 17.7 Å². The van der Waals surface area contributed by atoms with Gasteiger partial charge >= 0.3 is 0 Å². The Hall–Kier alpha value is -4.45. The average Bonchev–Trinajstić information content (AvgIpc) is 3.25. The lowest BCUT2D eigenvalue weighted by atomic mass is 9.98. The topological polar surface area (TPSA) is 90.2 Å². The molecule has 0 unspecified atom stereocenters. The minimum atomic E-state index is -0.479. The number of rotatable bonds is 2. The molecule has 1 aromatic heterocycles. The first-order valence-electron chi connectivity index (χ1n) is 9.67. The molecule has 0 saturated carbocycles. The van der Waals surface area contributed by atoms with Crippen LogP contribution < -0.4 is 10.9 Å². The number of nitrogens with zero attached hydrogens (tertiary/aromatic N) is 2. The Morgan fingerprint density at radius 3 is 1.55 bits per heavy atom. The van der Waals surface area contributed by atoms with Crippen molar-refractivity contribution in [3.63, 3.8) is 0 Å². The van der Waals surface area contributed by atoms with Gasteiger partial charge in [0.15, 0.2) is 10.9 Å². The maximum atomic E-state index is 13.4. The number of benzene rings is 3. The highest BCUT2D eigenvalue weighted by Crippen LogP contribution is 2.38. The summed E-state index contributed by atoms with van der Waals surface area (Å²) < 4.78 is 0. The van der Waals surface area contributed by atoms with Gasteiger partial charge in [0, 0.05) is 39.2 Å². The second-order valence-corrected chi connectivity index (χ2v) is 7.49. The van der Waals surface area contributed by atoms with Gasteiger partial charge in [0.05, 0.1) is 26.7 Å². The van der Waals surface area contributed by atoms with Crippen LogP contribution in [0.25, 0.3) is 54.5 Å². The first kappa shape index (κ1) is 17.4. The number of pyridine rings is 1. The molecule has 6 heteroatoms. The van der Waals surface area contributed by atoms with E-state index in [0.717, 1.165) is 10.8 Å². The highest BCUT2D eigenvalue weighted by molar-refractivity contribution is 6.24. The minimum Gasteiger partial charge on any atom is -0.288 e. The predicted octanol–water partition coefficient (Wildman–Crippen LogP) is 4.87. The average molecular weight is 404 g/mol. The molecule has 0 atom stereocenters. The Morgan fingerprint density at radius 1 is 0.645 bits per heavy atom. The molecule has 0 radical (unpaired) electrons. The van der Waals surface area contributed by atoms with Crippen LogP contribution in [0.1, 0.15) is 0 Å². The van der Waals surface area contributed by atoms with Crippen LogP contribution in [0.15, 0.2) is 82.4 Å². The Labute approximate surface area is 173 Å². The fraction of sp³-hybridized carbons (Fsp3) is 0. The van der Waals surface area contributed by atoms with Gasteiger partial charge in [0.1, 0.15) is 0 Å². The molecule has 31 heavy (non-hydrogen) atoms.